The molecule has 178 valence electrons. The molecule has 0 unspecified atom stereocenters. The number of hydrogen-bond acceptors (Lipinski definition) is 12. The molecular weight excluding hydrogens is 1280 g/mol. The fraction of sp³-hybridized carbons (Fsp3) is 0.0769. The molecule has 2 aromatic heterocycles. The van der Waals surface area contributed by atoms with Crippen LogP contribution in [0.5, 0.6) is 12.0 Å². The maximum atomic E-state index is 6.75. The molecule has 0 aliphatic heterocycles. The van der Waals surface area contributed by atoms with Gasteiger partial charge in [0.05, 0.1) is 0 Å². The smallest absolute Gasteiger partial charge is 0.291 e. The predicted octanol–water partition coefficient (Wildman–Crippen LogP) is 3.94. The van der Waals surface area contributed by atoms with Crippen molar-refractivity contribution in [2.75, 3.05) is 0 Å². The molecule has 19 heteroatoms. The van der Waals surface area contributed by atoms with E-state index in [1.165, 1.54) is 0 Å². The Balaban J connectivity index is -0.0000000419. The van der Waals surface area contributed by atoms with Gasteiger partial charge in [0.2, 0.25) is 21.1 Å². The maximum absolute atomic E-state index is 6.75. The number of halogens is 4. The van der Waals surface area contributed by atoms with Gasteiger partial charge in [0.15, 0.2) is 0 Å². The summed E-state index contributed by atoms with van der Waals surface area (Å²) in [5.74, 6) is 0. The largest absolute Gasteiger partial charge is 0.638 e. The van der Waals surface area contributed by atoms with E-state index in [2.05, 4.69) is 82.0 Å². The molecule has 0 aliphatic rings. The average molecular weight is 1300 g/mol. The number of rotatable bonds is 2. The van der Waals surface area contributed by atoms with E-state index >= 15 is 0 Å². The summed E-state index contributed by atoms with van der Waals surface area (Å²) in [7, 11) is 15.2. The number of aromatic nitrogens is 6. The molecule has 0 saturated carbocycles. The van der Waals surface area contributed by atoms with Gasteiger partial charge >= 0.3 is 0 Å². The molecule has 0 fully saturated rings. The van der Waals surface area contributed by atoms with Crippen molar-refractivity contribution in [1.29, 1.82) is 0 Å². The molecule has 0 atom stereocenters. The Morgan fingerprint density at radius 2 is 0.656 bits per heavy atom. The van der Waals surface area contributed by atoms with Crippen LogP contribution in [0, 0.1) is 42.7 Å². The zero-order valence-corrected chi connectivity index (χ0v) is 38.4. The zero-order chi connectivity index (χ0) is 23.1. The predicted molar refractivity (Wildman–Crippen MR) is 108 cm³/mol. The van der Waals surface area contributed by atoms with Crippen molar-refractivity contribution >= 4 is 46.4 Å². The van der Waals surface area contributed by atoms with Crippen LogP contribution in [0.2, 0.25) is 21.1 Å². The first-order valence-corrected chi connectivity index (χ1v) is 7.20. The van der Waals surface area contributed by atoms with Gasteiger partial charge in [-0.3, -0.25) is 0 Å². The Bertz CT molecular complexity index is 545. The Morgan fingerprint density at radius 1 is 0.469 bits per heavy atom. The first-order valence-electron chi connectivity index (χ1n) is 5.69. The number of aliphatic hydroxyl groups excluding tert-OH is 4. The molecule has 0 saturated heterocycles. The van der Waals surface area contributed by atoms with Crippen LogP contribution < -0.4 is 9.47 Å². The van der Waals surface area contributed by atoms with Crippen molar-refractivity contribution in [3.05, 3.63) is 63.8 Å². The summed E-state index contributed by atoms with van der Waals surface area (Å²) in [6.45, 7) is 0. The van der Waals surface area contributed by atoms with Crippen LogP contribution in [0.25, 0.3) is 0 Å². The quantitative estimate of drug-likeness (QED) is 0.320. The summed E-state index contributed by atoms with van der Waals surface area (Å²) < 4.78 is 8.87. The third kappa shape index (κ3) is 27.8. The second-order valence-electron chi connectivity index (χ2n) is 2.60. The van der Waals surface area contributed by atoms with Crippen molar-refractivity contribution in [2.24, 2.45) is 0 Å². The van der Waals surface area contributed by atoms with Crippen molar-refractivity contribution in [1.82, 2.24) is 29.9 Å². The van der Waals surface area contributed by atoms with Crippen LogP contribution in [0.1, 0.15) is 7.43 Å². The first kappa shape index (κ1) is 50.8. The Morgan fingerprint density at radius 3 is 0.844 bits per heavy atom. The molecule has 2 aromatic rings. The van der Waals surface area contributed by atoms with E-state index < -0.39 is 0 Å². The Kier molecular flexibility index (Phi) is 59.4. The minimum atomic E-state index is -0.0303. The molecule has 0 aliphatic carbocycles. The van der Waals surface area contributed by atoms with Gasteiger partial charge in [0.25, 0.3) is 12.0 Å². The SMILES string of the molecule is C.Clc1nc(Cl)nc(Cl)n1.[CH2-]O.[CH2-]O.[CH2-]O.[CH2-]O.[CH2-]Oc1nc(Cl)nc(O[CH2-])n1.[Rf].[Rf].[Rf]. The van der Waals surface area contributed by atoms with E-state index in [9.17, 15) is 0 Å². The topological polar surface area (TPSA) is 177 Å². The summed E-state index contributed by atoms with van der Waals surface area (Å²) in [4.78, 5) is 21.1. The van der Waals surface area contributed by atoms with Crippen LogP contribution in [0.15, 0.2) is 0 Å². The summed E-state index contributed by atoms with van der Waals surface area (Å²) in [5, 5.41) is 27.0. The van der Waals surface area contributed by atoms with Gasteiger partial charge in [0, 0.05) is 0 Å². The standard InChI is InChI=1S/C5H4ClN3O2.C3Cl3N3.4CH3O.CH4.3Rf/c1-10-4-7-3(6)8-5(9-4)11-2;4-1-7-2(5)9-3(6)8-1;4*1-2;;;;/h1-2H2;;4*2H,1H2;1H4;;;/q-2;;4*-1;;;;. The monoisotopic (exact) mass is 1300 g/mol. The van der Waals surface area contributed by atoms with Crippen LogP contribution >= 0.6 is 46.4 Å². The van der Waals surface area contributed by atoms with Crippen molar-refractivity contribution in [3.63, 3.8) is 0 Å². The van der Waals surface area contributed by atoms with Gasteiger partial charge in [-0.15, -0.1) is 4.98 Å². The van der Waals surface area contributed by atoms with Gasteiger partial charge in [-0.1, -0.05) is 7.43 Å². The van der Waals surface area contributed by atoms with Gasteiger partial charge < -0.3 is 29.9 Å². The van der Waals surface area contributed by atoms with E-state index in [4.69, 9.17) is 66.8 Å². The van der Waals surface area contributed by atoms with Crippen LogP contribution in [0.4, 0.5) is 0 Å². The Labute approximate surface area is 189 Å². The van der Waals surface area contributed by atoms with E-state index in [1.807, 2.05) is 0 Å². The second-order valence-corrected chi connectivity index (χ2v) is 3.95. The van der Waals surface area contributed by atoms with Crippen LogP contribution in [-0.2, 0) is 0 Å². The van der Waals surface area contributed by atoms with Gasteiger partial charge in [-0.05, 0) is 46.4 Å². The van der Waals surface area contributed by atoms with Crippen LogP contribution in [-0.4, -0.2) is 50.3 Å². The summed E-state index contributed by atoms with van der Waals surface area (Å²) >= 11 is 21.4. The van der Waals surface area contributed by atoms with E-state index in [-0.39, 0.29) is 40.6 Å². The second kappa shape index (κ2) is 37.4. The number of hydrogen-bond donors (Lipinski definition) is 4. The summed E-state index contributed by atoms with van der Waals surface area (Å²) in [6, 6.07) is -0.0210. The third-order valence-electron chi connectivity index (χ3n) is 1.38. The molecule has 0 aromatic carbocycles. The molecular formula is C13H20Cl4N6O6Rf3-6. The molecule has 2 heterocycles. The van der Waals surface area contributed by atoms with Crippen molar-refractivity contribution < 1.29 is 29.9 Å². The van der Waals surface area contributed by atoms with Gasteiger partial charge in [0.1, 0.15) is 0 Å². The number of ether oxygens (including phenoxy) is 2. The molecule has 0 amide bonds. The zero-order valence-electron chi connectivity index (χ0n) is 16.2. The minimum absolute atomic E-state index is 0. The Hall–Kier alpha value is -4.38. The fourth-order valence-electron chi connectivity index (χ4n) is 0.747. The number of nitrogens with zero attached hydrogens (tertiary/aromatic N) is 6. The summed E-state index contributed by atoms with van der Waals surface area (Å²) in [6.07, 6.45) is 0. The normalized spacial score (nSPS) is 6.69. The van der Waals surface area contributed by atoms with E-state index in [0.717, 1.165) is 0 Å². The maximum Gasteiger partial charge on any atom is 0.291 e. The molecule has 0 radical (unpaired) electrons. The molecule has 4 N–H and O–H groups in total. The summed E-state index contributed by atoms with van der Waals surface area (Å²) in [5.41, 5.74) is 0. The first-order chi connectivity index (χ1) is 13.4. The third-order valence-corrected chi connectivity index (χ3v) is 2.05. The fourth-order valence-corrected chi connectivity index (χ4v) is 1.50. The van der Waals surface area contributed by atoms with Crippen molar-refractivity contribution in [3.8, 4) is 12.0 Å². The average Bonchev–Trinajstić information content (AvgIpc) is 2.73. The van der Waals surface area contributed by atoms with Crippen LogP contribution in [0.3, 0.4) is 0 Å². The number of aliphatic hydroxyl groups is 4. The molecule has 0 bridgehead atoms. The minimum Gasteiger partial charge on any atom is -0.638 e. The molecule has 2 rings (SSSR count). The van der Waals surface area contributed by atoms with Gasteiger partial charge in [-0.2, -0.15) is 39.1 Å². The van der Waals surface area contributed by atoms with Gasteiger partial charge in [-0.25, -0.2) is 28.4 Å². The molecule has 0 spiro atoms. The van der Waals surface area contributed by atoms with Crippen molar-refractivity contribution in [2.45, 2.75) is 7.43 Å². The molecule has 12 nitrogen and oxygen atoms in total. The molecule has 32 heavy (non-hydrogen) atoms. The van der Waals surface area contributed by atoms with E-state index in [0.29, 0.717) is 0 Å². The van der Waals surface area contributed by atoms with E-state index in [1.54, 1.807) is 0 Å².